The Bertz CT molecular complexity index is 421. The number of nitrogens with one attached hydrogen (secondary N) is 1. The van der Waals surface area contributed by atoms with Crippen LogP contribution in [0.25, 0.3) is 0 Å². The van der Waals surface area contributed by atoms with Crippen LogP contribution in [0.4, 0.5) is 0 Å². The predicted octanol–water partition coefficient (Wildman–Crippen LogP) is 0.158. The summed E-state index contributed by atoms with van der Waals surface area (Å²) in [4.78, 5) is 21.7. The number of carbonyl (C=O) groups is 1. The van der Waals surface area contributed by atoms with Crippen molar-refractivity contribution in [2.45, 2.75) is 24.5 Å². The molecule has 0 saturated heterocycles. The molecule has 1 aromatic rings. The normalized spacial score (nSPS) is 15.5. The van der Waals surface area contributed by atoms with Crippen LogP contribution in [0.1, 0.15) is 12.8 Å². The lowest BCUT2D eigenvalue weighted by Crippen LogP contribution is -2.18. The minimum absolute atomic E-state index is 0.0744. The van der Waals surface area contributed by atoms with Gasteiger partial charge in [-0.25, -0.2) is 9.89 Å². The van der Waals surface area contributed by atoms with Gasteiger partial charge in [0.15, 0.2) is 5.16 Å². The van der Waals surface area contributed by atoms with Crippen LogP contribution in [0.3, 0.4) is 0 Å². The average Bonchev–Trinajstić information content (AvgIpc) is 2.92. The first kappa shape index (κ1) is 10.3. The topological polar surface area (TPSA) is 88.0 Å². The molecule has 2 rings (SSSR count). The highest BCUT2D eigenvalue weighted by Gasteiger charge is 2.24. The monoisotopic (exact) mass is 229 g/mol. The Morgan fingerprint density at radius 2 is 2.40 bits per heavy atom. The summed E-state index contributed by atoms with van der Waals surface area (Å²) in [5.41, 5.74) is -0.255. The summed E-state index contributed by atoms with van der Waals surface area (Å²) in [5.74, 6) is -0.424. The molecule has 1 heterocycles. The van der Waals surface area contributed by atoms with Crippen LogP contribution in [-0.4, -0.2) is 31.6 Å². The second kappa shape index (κ2) is 4.09. The number of aromatic amines is 1. The molecule has 0 amide bonds. The van der Waals surface area contributed by atoms with Gasteiger partial charge in [-0.15, -0.1) is 5.10 Å². The van der Waals surface area contributed by atoms with Gasteiger partial charge in [-0.3, -0.25) is 9.36 Å². The number of carboxylic acids is 1. The van der Waals surface area contributed by atoms with Crippen molar-refractivity contribution in [2.24, 2.45) is 5.92 Å². The zero-order valence-corrected chi connectivity index (χ0v) is 8.79. The van der Waals surface area contributed by atoms with Gasteiger partial charge in [0, 0.05) is 6.54 Å². The summed E-state index contributed by atoms with van der Waals surface area (Å²) in [6, 6.07) is 0. The Morgan fingerprint density at radius 3 is 3.00 bits per heavy atom. The van der Waals surface area contributed by atoms with E-state index < -0.39 is 5.97 Å². The summed E-state index contributed by atoms with van der Waals surface area (Å²) < 4.78 is 1.52. The Labute approximate surface area is 89.7 Å². The van der Waals surface area contributed by atoms with Crippen LogP contribution in [-0.2, 0) is 11.3 Å². The minimum Gasteiger partial charge on any atom is -0.481 e. The van der Waals surface area contributed by atoms with E-state index in [-0.39, 0.29) is 11.4 Å². The third-order valence-corrected chi connectivity index (χ3v) is 3.15. The van der Waals surface area contributed by atoms with E-state index in [1.54, 1.807) is 0 Å². The van der Waals surface area contributed by atoms with Crippen molar-refractivity contribution in [1.82, 2.24) is 14.8 Å². The number of aromatic nitrogens is 3. The maximum atomic E-state index is 11.3. The largest absolute Gasteiger partial charge is 0.481 e. The molecule has 1 saturated carbocycles. The third-order valence-electron chi connectivity index (χ3n) is 2.19. The Kier molecular flexibility index (Phi) is 2.81. The van der Waals surface area contributed by atoms with Gasteiger partial charge < -0.3 is 5.11 Å². The number of aliphatic carboxylic acids is 1. The van der Waals surface area contributed by atoms with Gasteiger partial charge in [0.05, 0.1) is 5.75 Å². The van der Waals surface area contributed by atoms with Crippen molar-refractivity contribution in [3.05, 3.63) is 10.5 Å². The van der Waals surface area contributed by atoms with Crippen LogP contribution >= 0.6 is 11.8 Å². The van der Waals surface area contributed by atoms with E-state index in [0.717, 1.165) is 24.6 Å². The predicted molar refractivity (Wildman–Crippen MR) is 53.9 cm³/mol. The van der Waals surface area contributed by atoms with Crippen molar-refractivity contribution < 1.29 is 9.90 Å². The molecule has 2 N–H and O–H groups in total. The first-order valence-corrected chi connectivity index (χ1v) is 5.65. The molecule has 7 heteroatoms. The van der Waals surface area contributed by atoms with E-state index in [4.69, 9.17) is 5.11 Å². The van der Waals surface area contributed by atoms with Gasteiger partial charge in [-0.05, 0) is 18.8 Å². The highest BCUT2D eigenvalue weighted by Crippen LogP contribution is 2.31. The zero-order valence-electron chi connectivity index (χ0n) is 7.97. The summed E-state index contributed by atoms with van der Waals surface area (Å²) in [5, 5.41) is 15.1. The van der Waals surface area contributed by atoms with E-state index in [1.807, 2.05) is 0 Å². The number of thioether (sulfide) groups is 1. The van der Waals surface area contributed by atoms with Crippen LogP contribution in [0.2, 0.25) is 0 Å². The molecule has 0 aromatic carbocycles. The number of nitrogens with zero attached hydrogens (tertiary/aromatic N) is 2. The average molecular weight is 229 g/mol. The Hall–Kier alpha value is -1.24. The molecule has 0 aliphatic heterocycles. The maximum Gasteiger partial charge on any atom is 0.343 e. The number of hydrogen-bond acceptors (Lipinski definition) is 4. The fraction of sp³-hybridized carbons (Fsp3) is 0.625. The standard InChI is InChI=1S/C8H11N3O3S/c12-6(13)4-15-8-10-9-7(14)11(8)3-5-1-2-5/h5H,1-4H2,(H,9,14)(H,12,13). The van der Waals surface area contributed by atoms with E-state index in [0.29, 0.717) is 17.6 Å². The second-order valence-corrected chi connectivity index (χ2v) is 4.49. The van der Waals surface area contributed by atoms with Crippen LogP contribution in [0.15, 0.2) is 9.95 Å². The SMILES string of the molecule is O=C(O)CSc1n[nH]c(=O)n1CC1CC1. The quantitative estimate of drug-likeness (QED) is 0.702. The molecule has 0 radical (unpaired) electrons. The van der Waals surface area contributed by atoms with Gasteiger partial charge in [0.25, 0.3) is 0 Å². The molecule has 0 atom stereocenters. The number of carboxylic acid groups (broad SMARTS) is 1. The lowest BCUT2D eigenvalue weighted by Gasteiger charge is -2.01. The molecule has 1 aliphatic carbocycles. The smallest absolute Gasteiger partial charge is 0.343 e. The van der Waals surface area contributed by atoms with Gasteiger partial charge >= 0.3 is 11.7 Å². The van der Waals surface area contributed by atoms with Gasteiger partial charge in [0.2, 0.25) is 0 Å². The molecule has 6 nitrogen and oxygen atoms in total. The highest BCUT2D eigenvalue weighted by atomic mass is 32.2. The summed E-state index contributed by atoms with van der Waals surface area (Å²) in [6.45, 7) is 0.650. The first-order chi connectivity index (χ1) is 7.16. The number of rotatable bonds is 5. The van der Waals surface area contributed by atoms with Gasteiger partial charge in [0.1, 0.15) is 0 Å². The second-order valence-electron chi connectivity index (χ2n) is 3.55. The first-order valence-electron chi connectivity index (χ1n) is 4.66. The van der Waals surface area contributed by atoms with Crippen LogP contribution in [0, 0.1) is 5.92 Å². The van der Waals surface area contributed by atoms with E-state index in [9.17, 15) is 9.59 Å². The minimum atomic E-state index is -0.909. The number of hydrogen-bond donors (Lipinski definition) is 2. The Balaban J connectivity index is 2.07. The van der Waals surface area contributed by atoms with Gasteiger partial charge in [-0.2, -0.15) is 0 Å². The zero-order chi connectivity index (χ0) is 10.8. The van der Waals surface area contributed by atoms with Crippen molar-refractivity contribution in [3.8, 4) is 0 Å². The Morgan fingerprint density at radius 1 is 1.67 bits per heavy atom. The van der Waals surface area contributed by atoms with E-state index in [2.05, 4.69) is 10.2 Å². The van der Waals surface area contributed by atoms with Crippen LogP contribution < -0.4 is 5.69 Å². The van der Waals surface area contributed by atoms with Crippen molar-refractivity contribution in [1.29, 1.82) is 0 Å². The molecular formula is C8H11N3O3S. The highest BCUT2D eigenvalue weighted by molar-refractivity contribution is 7.99. The molecule has 0 spiro atoms. The summed E-state index contributed by atoms with van der Waals surface area (Å²) >= 11 is 1.07. The maximum absolute atomic E-state index is 11.3. The lowest BCUT2D eigenvalue weighted by atomic mass is 10.4. The summed E-state index contributed by atoms with van der Waals surface area (Å²) in [7, 11) is 0. The van der Waals surface area contributed by atoms with Crippen LogP contribution in [0.5, 0.6) is 0 Å². The molecule has 1 aliphatic rings. The van der Waals surface area contributed by atoms with E-state index >= 15 is 0 Å². The lowest BCUT2D eigenvalue weighted by molar-refractivity contribution is -0.133. The van der Waals surface area contributed by atoms with Crippen molar-refractivity contribution in [2.75, 3.05) is 5.75 Å². The molecule has 0 bridgehead atoms. The molecule has 0 unspecified atom stereocenters. The van der Waals surface area contributed by atoms with Gasteiger partial charge in [-0.1, -0.05) is 11.8 Å². The fourth-order valence-corrected chi connectivity index (χ4v) is 1.94. The van der Waals surface area contributed by atoms with Crippen molar-refractivity contribution >= 4 is 17.7 Å². The molecule has 15 heavy (non-hydrogen) atoms. The molecule has 82 valence electrons. The third kappa shape index (κ3) is 2.62. The van der Waals surface area contributed by atoms with E-state index in [1.165, 1.54) is 4.57 Å². The fourth-order valence-electron chi connectivity index (χ4n) is 1.26. The summed E-state index contributed by atoms with van der Waals surface area (Å²) in [6.07, 6.45) is 2.28. The molecule has 1 fully saturated rings. The molecular weight excluding hydrogens is 218 g/mol. The molecule has 1 aromatic heterocycles. The van der Waals surface area contributed by atoms with Crippen molar-refractivity contribution in [3.63, 3.8) is 0 Å². The number of H-pyrrole nitrogens is 1.